The Morgan fingerprint density at radius 1 is 1.44 bits per heavy atom. The summed E-state index contributed by atoms with van der Waals surface area (Å²) >= 11 is 0. The summed E-state index contributed by atoms with van der Waals surface area (Å²) in [5.41, 5.74) is -0.170. The third-order valence-corrected chi connectivity index (χ3v) is 3.23. The van der Waals surface area contributed by atoms with E-state index in [1.807, 2.05) is 6.07 Å². The van der Waals surface area contributed by atoms with Crippen molar-refractivity contribution in [2.75, 3.05) is 13.1 Å². The Morgan fingerprint density at radius 2 is 2.11 bits per heavy atom. The van der Waals surface area contributed by atoms with Crippen LogP contribution in [0.3, 0.4) is 0 Å². The largest absolute Gasteiger partial charge is 0.465 e. The van der Waals surface area contributed by atoms with Crippen molar-refractivity contribution in [3.05, 3.63) is 29.6 Å². The lowest BCUT2D eigenvalue weighted by atomic mass is 9.88. The number of piperidine rings is 1. The van der Waals surface area contributed by atoms with Gasteiger partial charge in [0.05, 0.1) is 11.3 Å². The molecule has 0 aliphatic carbocycles. The molecule has 1 aliphatic heterocycles. The van der Waals surface area contributed by atoms with Gasteiger partial charge in [-0.15, -0.1) is 0 Å². The molecule has 2 N–H and O–H groups in total. The fraction of sp³-hybridized carbons (Fsp3) is 0.417. The molecule has 0 spiro atoms. The van der Waals surface area contributed by atoms with Crippen LogP contribution in [0.15, 0.2) is 18.3 Å². The standard InChI is InChI=1S/C12H13N3O3/c13-7-9-1-2-10(14-8-9)12(18)3-5-15(6-4-12)11(16)17/h1-2,8,18H,3-6H2,(H,16,17). The van der Waals surface area contributed by atoms with E-state index in [4.69, 9.17) is 10.4 Å². The van der Waals surface area contributed by atoms with E-state index in [1.54, 1.807) is 12.1 Å². The summed E-state index contributed by atoms with van der Waals surface area (Å²) in [6.45, 7) is 0.570. The second-order valence-electron chi connectivity index (χ2n) is 4.35. The first kappa shape index (κ1) is 12.3. The van der Waals surface area contributed by atoms with Crippen LogP contribution in [0.2, 0.25) is 0 Å². The maximum atomic E-state index is 10.8. The number of carboxylic acid groups (broad SMARTS) is 1. The number of nitriles is 1. The van der Waals surface area contributed by atoms with Gasteiger partial charge in [0.1, 0.15) is 11.7 Å². The van der Waals surface area contributed by atoms with Crippen LogP contribution in [0.5, 0.6) is 0 Å². The lowest BCUT2D eigenvalue weighted by molar-refractivity contribution is -0.0247. The van der Waals surface area contributed by atoms with Crippen molar-refractivity contribution in [1.82, 2.24) is 9.88 Å². The molecule has 94 valence electrons. The summed E-state index contributed by atoms with van der Waals surface area (Å²) in [5.74, 6) is 0. The van der Waals surface area contributed by atoms with Gasteiger partial charge in [-0.1, -0.05) is 0 Å². The second kappa shape index (κ2) is 4.63. The maximum absolute atomic E-state index is 10.8. The van der Waals surface area contributed by atoms with Gasteiger partial charge in [0.2, 0.25) is 0 Å². The van der Waals surface area contributed by atoms with Crippen molar-refractivity contribution in [3.63, 3.8) is 0 Å². The van der Waals surface area contributed by atoms with Gasteiger partial charge in [0.25, 0.3) is 0 Å². The zero-order valence-corrected chi connectivity index (χ0v) is 9.70. The number of hydrogen-bond donors (Lipinski definition) is 2. The van der Waals surface area contributed by atoms with Gasteiger partial charge >= 0.3 is 6.09 Å². The number of carbonyl (C=O) groups is 1. The van der Waals surface area contributed by atoms with Gasteiger partial charge in [-0.3, -0.25) is 4.98 Å². The number of aliphatic hydroxyl groups is 1. The molecule has 0 saturated carbocycles. The Morgan fingerprint density at radius 3 is 2.56 bits per heavy atom. The number of hydrogen-bond acceptors (Lipinski definition) is 4. The summed E-state index contributed by atoms with van der Waals surface area (Å²) < 4.78 is 0. The molecular weight excluding hydrogens is 234 g/mol. The molecule has 1 saturated heterocycles. The van der Waals surface area contributed by atoms with Gasteiger partial charge < -0.3 is 15.1 Å². The molecule has 0 atom stereocenters. The molecule has 1 fully saturated rings. The van der Waals surface area contributed by atoms with Crippen molar-refractivity contribution < 1.29 is 15.0 Å². The maximum Gasteiger partial charge on any atom is 0.407 e. The summed E-state index contributed by atoms with van der Waals surface area (Å²) in [4.78, 5) is 16.1. The first-order chi connectivity index (χ1) is 8.55. The Balaban J connectivity index is 2.13. The summed E-state index contributed by atoms with van der Waals surface area (Å²) in [5, 5.41) is 28.0. The van der Waals surface area contributed by atoms with Crippen molar-refractivity contribution in [2.45, 2.75) is 18.4 Å². The molecular formula is C12H13N3O3. The van der Waals surface area contributed by atoms with Gasteiger partial charge in [0.15, 0.2) is 0 Å². The number of rotatable bonds is 1. The Labute approximate surface area is 104 Å². The van der Waals surface area contributed by atoms with Crippen LogP contribution in [-0.2, 0) is 5.60 Å². The third-order valence-electron chi connectivity index (χ3n) is 3.23. The first-order valence-electron chi connectivity index (χ1n) is 5.62. The van der Waals surface area contributed by atoms with Gasteiger partial charge in [-0.05, 0) is 25.0 Å². The van der Waals surface area contributed by atoms with Gasteiger partial charge in [-0.25, -0.2) is 4.79 Å². The second-order valence-corrected chi connectivity index (χ2v) is 4.35. The summed E-state index contributed by atoms with van der Waals surface area (Å²) in [6.07, 6.45) is 1.08. The minimum atomic E-state index is -1.10. The van der Waals surface area contributed by atoms with E-state index < -0.39 is 11.7 Å². The highest BCUT2D eigenvalue weighted by molar-refractivity contribution is 5.65. The van der Waals surface area contributed by atoms with Crippen LogP contribution < -0.4 is 0 Å². The molecule has 1 aliphatic rings. The molecule has 1 aromatic heterocycles. The van der Waals surface area contributed by atoms with Crippen LogP contribution in [-0.4, -0.2) is 39.3 Å². The average Bonchev–Trinajstić information content (AvgIpc) is 2.39. The fourth-order valence-corrected chi connectivity index (χ4v) is 2.06. The molecule has 1 amide bonds. The minimum absolute atomic E-state index is 0.285. The molecule has 2 heterocycles. The number of aromatic nitrogens is 1. The summed E-state index contributed by atoms with van der Waals surface area (Å²) in [7, 11) is 0. The molecule has 0 radical (unpaired) electrons. The molecule has 2 rings (SSSR count). The van der Waals surface area contributed by atoms with Gasteiger partial charge in [-0.2, -0.15) is 5.26 Å². The van der Waals surface area contributed by atoms with E-state index in [-0.39, 0.29) is 13.1 Å². The molecule has 6 heteroatoms. The normalized spacial score (nSPS) is 18.1. The SMILES string of the molecule is N#Cc1ccc(C2(O)CCN(C(=O)O)CC2)nc1. The average molecular weight is 247 g/mol. The molecule has 0 bridgehead atoms. The van der Waals surface area contributed by atoms with Crippen molar-refractivity contribution in [2.24, 2.45) is 0 Å². The first-order valence-corrected chi connectivity index (χ1v) is 5.62. The van der Waals surface area contributed by atoms with Crippen LogP contribution in [0.25, 0.3) is 0 Å². The van der Waals surface area contributed by atoms with E-state index in [0.717, 1.165) is 0 Å². The van der Waals surface area contributed by atoms with E-state index in [9.17, 15) is 9.90 Å². The van der Waals surface area contributed by atoms with E-state index >= 15 is 0 Å². The van der Waals surface area contributed by atoms with Crippen LogP contribution >= 0.6 is 0 Å². The Kier molecular flexibility index (Phi) is 3.17. The molecule has 1 aromatic rings. The van der Waals surface area contributed by atoms with Crippen molar-refractivity contribution in [1.29, 1.82) is 5.26 Å². The van der Waals surface area contributed by atoms with Crippen LogP contribution in [0.4, 0.5) is 4.79 Å². The third kappa shape index (κ3) is 2.26. The monoisotopic (exact) mass is 247 g/mol. The highest BCUT2D eigenvalue weighted by Crippen LogP contribution is 2.31. The topological polar surface area (TPSA) is 97.5 Å². The number of nitrogens with zero attached hydrogens (tertiary/aromatic N) is 3. The van der Waals surface area contributed by atoms with Gasteiger partial charge in [0, 0.05) is 19.3 Å². The van der Waals surface area contributed by atoms with Crippen molar-refractivity contribution in [3.8, 4) is 6.07 Å². The molecule has 6 nitrogen and oxygen atoms in total. The van der Waals surface area contributed by atoms with Crippen LogP contribution in [0.1, 0.15) is 24.1 Å². The number of likely N-dealkylation sites (tertiary alicyclic amines) is 1. The zero-order chi connectivity index (χ0) is 13.2. The zero-order valence-electron chi connectivity index (χ0n) is 9.70. The molecule has 18 heavy (non-hydrogen) atoms. The fourth-order valence-electron chi connectivity index (χ4n) is 2.06. The smallest absolute Gasteiger partial charge is 0.407 e. The van der Waals surface area contributed by atoms with Crippen LogP contribution in [0, 0.1) is 11.3 Å². The summed E-state index contributed by atoms with van der Waals surface area (Å²) in [6, 6.07) is 5.18. The Hall–Kier alpha value is -2.13. The van der Waals surface area contributed by atoms with E-state index in [1.165, 1.54) is 11.1 Å². The predicted molar refractivity (Wildman–Crippen MR) is 61.7 cm³/mol. The lowest BCUT2D eigenvalue weighted by Crippen LogP contribution is -2.45. The highest BCUT2D eigenvalue weighted by atomic mass is 16.4. The van der Waals surface area contributed by atoms with E-state index in [0.29, 0.717) is 24.1 Å². The highest BCUT2D eigenvalue weighted by Gasteiger charge is 2.36. The quantitative estimate of drug-likeness (QED) is 0.768. The Bertz CT molecular complexity index is 484. The van der Waals surface area contributed by atoms with E-state index in [2.05, 4.69) is 4.98 Å². The predicted octanol–water partition coefficient (Wildman–Crippen LogP) is 0.915. The molecule has 0 aromatic carbocycles. The number of pyridine rings is 1. The number of amides is 1. The van der Waals surface area contributed by atoms with Crippen molar-refractivity contribution >= 4 is 6.09 Å². The molecule has 0 unspecified atom stereocenters. The minimum Gasteiger partial charge on any atom is -0.465 e. The lowest BCUT2D eigenvalue weighted by Gasteiger charge is -2.36.